The second-order valence-corrected chi connectivity index (χ2v) is 6.54. The van der Waals surface area contributed by atoms with Crippen molar-refractivity contribution < 1.29 is 10.2 Å². The van der Waals surface area contributed by atoms with Gasteiger partial charge in [-0.3, -0.25) is 4.90 Å². The first-order valence-electron chi connectivity index (χ1n) is 6.77. The van der Waals surface area contributed by atoms with Gasteiger partial charge in [0.05, 0.1) is 6.61 Å². The maximum absolute atomic E-state index is 10.0. The Morgan fingerprint density at radius 1 is 1.16 bits per heavy atom. The molecule has 0 saturated heterocycles. The lowest BCUT2D eigenvalue weighted by Gasteiger charge is -2.37. The fourth-order valence-electron chi connectivity index (χ4n) is 2.44. The molecule has 0 aliphatic carbocycles. The summed E-state index contributed by atoms with van der Waals surface area (Å²) in [5.41, 5.74) is 3.18. The van der Waals surface area contributed by atoms with E-state index in [0.29, 0.717) is 12.3 Å². The third-order valence-electron chi connectivity index (χ3n) is 3.82. The van der Waals surface area contributed by atoms with E-state index in [-0.39, 0.29) is 18.1 Å². The summed E-state index contributed by atoms with van der Waals surface area (Å²) < 4.78 is 0. The highest BCUT2D eigenvalue weighted by atomic mass is 16.3. The number of rotatable bonds is 4. The highest BCUT2D eigenvalue weighted by molar-refractivity contribution is 5.40. The molecule has 0 aromatic heterocycles. The topological polar surface area (TPSA) is 43.7 Å². The molecule has 1 rings (SSSR count). The third-order valence-corrected chi connectivity index (χ3v) is 3.82. The van der Waals surface area contributed by atoms with E-state index in [1.54, 1.807) is 0 Å². The van der Waals surface area contributed by atoms with Crippen LogP contribution in [0.5, 0.6) is 5.75 Å². The molecule has 3 nitrogen and oxygen atoms in total. The number of phenolic OH excluding ortho intramolecular Hbond substituents is 1. The Morgan fingerprint density at radius 2 is 1.68 bits per heavy atom. The van der Waals surface area contributed by atoms with Crippen LogP contribution in [0.1, 0.15) is 37.5 Å². The monoisotopic (exact) mass is 265 g/mol. The van der Waals surface area contributed by atoms with Gasteiger partial charge < -0.3 is 10.2 Å². The van der Waals surface area contributed by atoms with Crippen molar-refractivity contribution >= 4 is 0 Å². The molecule has 108 valence electrons. The van der Waals surface area contributed by atoms with Gasteiger partial charge in [0, 0.05) is 18.2 Å². The minimum absolute atomic E-state index is 0.00113. The molecule has 0 aliphatic heterocycles. The number of hydrogen-bond donors (Lipinski definition) is 2. The van der Waals surface area contributed by atoms with Crippen LogP contribution in [0.2, 0.25) is 0 Å². The molecule has 0 radical (unpaired) electrons. The second kappa shape index (κ2) is 5.93. The van der Waals surface area contributed by atoms with E-state index in [1.807, 2.05) is 33.0 Å². The molecule has 19 heavy (non-hydrogen) atoms. The smallest absolute Gasteiger partial charge is 0.120 e. The molecular weight excluding hydrogens is 238 g/mol. The summed E-state index contributed by atoms with van der Waals surface area (Å²) in [4.78, 5) is 2.10. The zero-order valence-electron chi connectivity index (χ0n) is 13.0. The van der Waals surface area contributed by atoms with E-state index in [1.165, 1.54) is 5.56 Å². The van der Waals surface area contributed by atoms with Gasteiger partial charge in [0.1, 0.15) is 5.75 Å². The van der Waals surface area contributed by atoms with Crippen LogP contribution in [0.4, 0.5) is 0 Å². The number of aryl methyl sites for hydroxylation is 2. The number of aromatic hydroxyl groups is 1. The Bertz CT molecular complexity index is 435. The van der Waals surface area contributed by atoms with Gasteiger partial charge in [0.2, 0.25) is 0 Å². The SMILES string of the molecule is Cc1cc(O)c(CN(C)C(CO)C(C)(C)C)cc1C. The van der Waals surface area contributed by atoms with Crippen LogP contribution >= 0.6 is 0 Å². The van der Waals surface area contributed by atoms with Crippen molar-refractivity contribution in [1.82, 2.24) is 4.90 Å². The van der Waals surface area contributed by atoms with E-state index in [4.69, 9.17) is 0 Å². The number of aliphatic hydroxyl groups is 1. The molecule has 3 heteroatoms. The molecule has 0 amide bonds. The molecule has 2 N–H and O–H groups in total. The van der Waals surface area contributed by atoms with E-state index in [0.717, 1.165) is 11.1 Å². The first-order valence-corrected chi connectivity index (χ1v) is 6.77. The summed E-state index contributed by atoms with van der Waals surface area (Å²) in [5, 5.41) is 19.6. The van der Waals surface area contributed by atoms with Crippen LogP contribution < -0.4 is 0 Å². The van der Waals surface area contributed by atoms with E-state index >= 15 is 0 Å². The lowest BCUT2D eigenvalue weighted by Crippen LogP contribution is -2.43. The molecule has 1 atom stereocenters. The molecule has 1 aromatic rings. The molecule has 0 spiro atoms. The van der Waals surface area contributed by atoms with Crippen molar-refractivity contribution in [2.24, 2.45) is 5.41 Å². The largest absolute Gasteiger partial charge is 0.508 e. The standard InChI is InChI=1S/C16H27NO2/c1-11-7-13(14(19)8-12(11)2)9-17(6)15(10-18)16(3,4)5/h7-8,15,18-19H,9-10H2,1-6H3. The Morgan fingerprint density at radius 3 is 2.16 bits per heavy atom. The van der Waals surface area contributed by atoms with E-state index in [2.05, 4.69) is 25.7 Å². The van der Waals surface area contributed by atoms with Crippen LogP contribution in [0.25, 0.3) is 0 Å². The van der Waals surface area contributed by atoms with Gasteiger partial charge >= 0.3 is 0 Å². The van der Waals surface area contributed by atoms with E-state index in [9.17, 15) is 10.2 Å². The molecule has 0 saturated carbocycles. The quantitative estimate of drug-likeness (QED) is 0.880. The van der Waals surface area contributed by atoms with Gasteiger partial charge in [-0.15, -0.1) is 0 Å². The van der Waals surface area contributed by atoms with Crippen LogP contribution in [0, 0.1) is 19.3 Å². The molecule has 0 heterocycles. The zero-order valence-corrected chi connectivity index (χ0v) is 13.0. The van der Waals surface area contributed by atoms with Crippen LogP contribution in [0.3, 0.4) is 0 Å². The Labute approximate surface area is 116 Å². The van der Waals surface area contributed by atoms with Crippen molar-refractivity contribution in [2.45, 2.75) is 47.2 Å². The molecule has 0 aliphatic rings. The number of phenols is 1. The van der Waals surface area contributed by atoms with Crippen molar-refractivity contribution in [3.8, 4) is 5.75 Å². The number of benzene rings is 1. The number of hydrogen-bond acceptors (Lipinski definition) is 3. The highest BCUT2D eigenvalue weighted by Crippen LogP contribution is 2.27. The average Bonchev–Trinajstić information content (AvgIpc) is 2.24. The minimum atomic E-state index is -0.00113. The van der Waals surface area contributed by atoms with Gasteiger partial charge in [-0.25, -0.2) is 0 Å². The zero-order chi connectivity index (χ0) is 14.8. The summed E-state index contributed by atoms with van der Waals surface area (Å²) in [6, 6.07) is 3.90. The van der Waals surface area contributed by atoms with Crippen molar-refractivity contribution in [2.75, 3.05) is 13.7 Å². The Kier molecular flexibility index (Phi) is 4.99. The molecule has 0 fully saturated rings. The highest BCUT2D eigenvalue weighted by Gasteiger charge is 2.28. The van der Waals surface area contributed by atoms with Crippen LogP contribution in [0.15, 0.2) is 12.1 Å². The summed E-state index contributed by atoms with van der Waals surface area (Å²) >= 11 is 0. The van der Waals surface area contributed by atoms with Crippen molar-refractivity contribution in [3.63, 3.8) is 0 Å². The number of nitrogens with zero attached hydrogens (tertiary/aromatic N) is 1. The Balaban J connectivity index is 2.93. The molecule has 0 bridgehead atoms. The fraction of sp³-hybridized carbons (Fsp3) is 0.625. The van der Waals surface area contributed by atoms with Gasteiger partial charge in [0.15, 0.2) is 0 Å². The lowest BCUT2D eigenvalue weighted by molar-refractivity contribution is 0.0609. The molecule has 1 aromatic carbocycles. The summed E-state index contributed by atoms with van der Waals surface area (Å²) in [5.74, 6) is 0.334. The molecule has 1 unspecified atom stereocenters. The fourth-order valence-corrected chi connectivity index (χ4v) is 2.44. The van der Waals surface area contributed by atoms with Gasteiger partial charge in [-0.05, 0) is 43.5 Å². The van der Waals surface area contributed by atoms with Gasteiger partial charge in [0.25, 0.3) is 0 Å². The predicted octanol–water partition coefficient (Wildman–Crippen LogP) is 2.85. The maximum atomic E-state index is 10.0. The summed E-state index contributed by atoms with van der Waals surface area (Å²) in [6.07, 6.45) is 0. The predicted molar refractivity (Wildman–Crippen MR) is 79.4 cm³/mol. The van der Waals surface area contributed by atoms with Crippen molar-refractivity contribution in [3.05, 3.63) is 28.8 Å². The van der Waals surface area contributed by atoms with Gasteiger partial charge in [-0.2, -0.15) is 0 Å². The minimum Gasteiger partial charge on any atom is -0.508 e. The van der Waals surface area contributed by atoms with E-state index < -0.39 is 0 Å². The molecular formula is C16H27NO2. The Hall–Kier alpha value is -1.06. The van der Waals surface area contributed by atoms with Gasteiger partial charge in [-0.1, -0.05) is 26.8 Å². The van der Waals surface area contributed by atoms with Crippen LogP contribution in [-0.2, 0) is 6.54 Å². The number of aliphatic hydroxyl groups excluding tert-OH is 1. The second-order valence-electron chi connectivity index (χ2n) is 6.54. The maximum Gasteiger partial charge on any atom is 0.120 e. The number of likely N-dealkylation sites (N-methyl/N-ethyl adjacent to an activating group) is 1. The summed E-state index contributed by atoms with van der Waals surface area (Å²) in [6.45, 7) is 11.1. The normalized spacial score (nSPS) is 13.9. The van der Waals surface area contributed by atoms with Crippen molar-refractivity contribution in [1.29, 1.82) is 0 Å². The summed E-state index contributed by atoms with van der Waals surface area (Å²) in [7, 11) is 1.99. The first kappa shape index (κ1) is 16.0. The first-order chi connectivity index (χ1) is 8.66. The lowest BCUT2D eigenvalue weighted by atomic mass is 9.86. The average molecular weight is 265 g/mol. The third kappa shape index (κ3) is 3.95. The van der Waals surface area contributed by atoms with Crippen LogP contribution in [-0.4, -0.2) is 34.8 Å².